The van der Waals surface area contributed by atoms with Gasteiger partial charge < -0.3 is 20.3 Å². The van der Waals surface area contributed by atoms with Crippen molar-refractivity contribution in [2.45, 2.75) is 6.10 Å². The molecule has 16 heavy (non-hydrogen) atoms. The summed E-state index contributed by atoms with van der Waals surface area (Å²) in [6.45, 7) is -0.126. The highest BCUT2D eigenvalue weighted by atomic mass is 16.5. The van der Waals surface area contributed by atoms with Crippen molar-refractivity contribution in [3.8, 4) is 11.5 Å². The Morgan fingerprint density at radius 2 is 2.12 bits per heavy atom. The van der Waals surface area contributed by atoms with Crippen molar-refractivity contribution < 1.29 is 19.4 Å². The van der Waals surface area contributed by atoms with Gasteiger partial charge >= 0.3 is 0 Å². The lowest BCUT2D eigenvalue weighted by molar-refractivity contribution is 0.0759. The van der Waals surface area contributed by atoms with Gasteiger partial charge in [0.1, 0.15) is 17.6 Å². The normalized spacial score (nSPS) is 12.0. The van der Waals surface area contributed by atoms with Crippen LogP contribution >= 0.6 is 0 Å². The van der Waals surface area contributed by atoms with E-state index in [0.717, 1.165) is 0 Å². The van der Waals surface area contributed by atoms with Crippen LogP contribution in [-0.4, -0.2) is 37.8 Å². The summed E-state index contributed by atoms with van der Waals surface area (Å²) < 4.78 is 10.0. The van der Waals surface area contributed by atoms with E-state index in [1.165, 1.54) is 20.3 Å². The molecular weight excluding hydrogens is 210 g/mol. The molecular formula is C11H15NO4. The molecule has 0 aliphatic rings. The van der Waals surface area contributed by atoms with Crippen molar-refractivity contribution in [1.82, 2.24) is 0 Å². The fourth-order valence-electron chi connectivity index (χ4n) is 1.29. The quantitative estimate of drug-likeness (QED) is 0.700. The minimum atomic E-state index is -1.22. The Morgan fingerprint density at radius 1 is 1.44 bits per heavy atom. The van der Waals surface area contributed by atoms with E-state index in [9.17, 15) is 9.90 Å². The second-order valence-electron chi connectivity index (χ2n) is 3.18. The van der Waals surface area contributed by atoms with Gasteiger partial charge in [0.15, 0.2) is 5.78 Å². The zero-order valence-corrected chi connectivity index (χ0v) is 9.27. The minimum absolute atomic E-state index is 0.126. The third-order valence-corrected chi connectivity index (χ3v) is 2.20. The van der Waals surface area contributed by atoms with Crippen LogP contribution in [0.4, 0.5) is 0 Å². The Morgan fingerprint density at radius 3 is 2.62 bits per heavy atom. The largest absolute Gasteiger partial charge is 0.497 e. The number of hydrogen-bond acceptors (Lipinski definition) is 5. The molecule has 0 radical (unpaired) electrons. The van der Waals surface area contributed by atoms with Gasteiger partial charge in [-0.25, -0.2) is 0 Å². The molecule has 0 amide bonds. The summed E-state index contributed by atoms with van der Waals surface area (Å²) in [5, 5.41) is 9.39. The maximum atomic E-state index is 11.8. The number of benzene rings is 1. The second kappa shape index (κ2) is 5.48. The van der Waals surface area contributed by atoms with Crippen LogP contribution < -0.4 is 15.2 Å². The first-order valence-corrected chi connectivity index (χ1v) is 4.78. The average Bonchev–Trinajstić information content (AvgIpc) is 2.35. The fourth-order valence-corrected chi connectivity index (χ4v) is 1.29. The summed E-state index contributed by atoms with van der Waals surface area (Å²) >= 11 is 0. The number of carbonyl (C=O) groups is 1. The number of aliphatic hydroxyl groups excluding tert-OH is 1. The standard InChI is InChI=1S/C11H15NO4/c1-15-7-3-4-10(16-2)8(5-7)11(14)9(13)6-12/h3-5,9,13H,6,12H2,1-2H3. The molecule has 0 heterocycles. The molecule has 1 rings (SSSR count). The molecule has 0 aliphatic heterocycles. The molecule has 5 heteroatoms. The van der Waals surface area contributed by atoms with Gasteiger partial charge in [-0.15, -0.1) is 0 Å². The number of carbonyl (C=O) groups excluding carboxylic acids is 1. The highest BCUT2D eigenvalue weighted by Gasteiger charge is 2.20. The molecule has 1 atom stereocenters. The molecule has 1 aromatic rings. The summed E-state index contributed by atoms with van der Waals surface area (Å²) in [6, 6.07) is 4.79. The number of aliphatic hydroxyl groups is 1. The average molecular weight is 225 g/mol. The molecule has 0 spiro atoms. The number of nitrogens with two attached hydrogens (primary N) is 1. The van der Waals surface area contributed by atoms with Crippen molar-refractivity contribution >= 4 is 5.78 Å². The van der Waals surface area contributed by atoms with Gasteiger partial charge in [0.25, 0.3) is 0 Å². The smallest absolute Gasteiger partial charge is 0.196 e. The first-order valence-electron chi connectivity index (χ1n) is 4.78. The Labute approximate surface area is 93.8 Å². The molecule has 3 N–H and O–H groups in total. The van der Waals surface area contributed by atoms with E-state index in [2.05, 4.69) is 0 Å². The summed E-state index contributed by atoms with van der Waals surface area (Å²) in [6.07, 6.45) is -1.22. The van der Waals surface area contributed by atoms with E-state index in [-0.39, 0.29) is 12.1 Å². The molecule has 5 nitrogen and oxygen atoms in total. The van der Waals surface area contributed by atoms with E-state index in [1.54, 1.807) is 12.1 Å². The number of methoxy groups -OCH3 is 2. The van der Waals surface area contributed by atoms with Gasteiger partial charge in [-0.1, -0.05) is 0 Å². The van der Waals surface area contributed by atoms with Crippen molar-refractivity contribution in [2.24, 2.45) is 5.73 Å². The lowest BCUT2D eigenvalue weighted by Gasteiger charge is -2.12. The van der Waals surface area contributed by atoms with Crippen molar-refractivity contribution in [3.05, 3.63) is 23.8 Å². The summed E-state index contributed by atoms with van der Waals surface area (Å²) in [4.78, 5) is 11.8. The van der Waals surface area contributed by atoms with Gasteiger partial charge in [-0.2, -0.15) is 0 Å². The van der Waals surface area contributed by atoms with E-state index in [1.807, 2.05) is 0 Å². The molecule has 1 unspecified atom stereocenters. The molecule has 88 valence electrons. The van der Waals surface area contributed by atoms with E-state index < -0.39 is 11.9 Å². The highest BCUT2D eigenvalue weighted by molar-refractivity contribution is 6.02. The minimum Gasteiger partial charge on any atom is -0.497 e. The lowest BCUT2D eigenvalue weighted by atomic mass is 10.0. The van der Waals surface area contributed by atoms with Gasteiger partial charge in [0.05, 0.1) is 19.8 Å². The summed E-state index contributed by atoms with van der Waals surface area (Å²) in [7, 11) is 2.95. The number of rotatable bonds is 5. The van der Waals surface area contributed by atoms with Gasteiger partial charge in [0, 0.05) is 6.54 Å². The molecule has 1 aromatic carbocycles. The molecule has 0 saturated carbocycles. The van der Waals surface area contributed by atoms with Gasteiger partial charge in [-0.3, -0.25) is 4.79 Å². The van der Waals surface area contributed by atoms with Crippen molar-refractivity contribution in [1.29, 1.82) is 0 Å². The molecule has 0 fully saturated rings. The summed E-state index contributed by atoms with van der Waals surface area (Å²) in [5.74, 6) is 0.435. The molecule has 0 bridgehead atoms. The van der Waals surface area contributed by atoms with Gasteiger partial charge in [-0.05, 0) is 18.2 Å². The van der Waals surface area contributed by atoms with Crippen LogP contribution in [-0.2, 0) is 0 Å². The van der Waals surface area contributed by atoms with E-state index in [4.69, 9.17) is 15.2 Å². The van der Waals surface area contributed by atoms with Crippen molar-refractivity contribution in [3.63, 3.8) is 0 Å². The maximum absolute atomic E-state index is 11.8. The monoisotopic (exact) mass is 225 g/mol. The molecule has 0 aromatic heterocycles. The first-order chi connectivity index (χ1) is 7.63. The number of hydrogen-bond donors (Lipinski definition) is 2. The second-order valence-corrected chi connectivity index (χ2v) is 3.18. The van der Waals surface area contributed by atoms with Crippen LogP contribution in [0.3, 0.4) is 0 Å². The van der Waals surface area contributed by atoms with Crippen LogP contribution in [0.5, 0.6) is 11.5 Å². The first kappa shape index (κ1) is 12.5. The number of Topliss-reactive ketones (excluding diaryl/α,β-unsaturated/α-hetero) is 1. The van der Waals surface area contributed by atoms with Crippen LogP contribution in [0.2, 0.25) is 0 Å². The molecule has 0 saturated heterocycles. The highest BCUT2D eigenvalue weighted by Crippen LogP contribution is 2.25. The SMILES string of the molecule is COc1ccc(OC)c(C(=O)C(O)CN)c1. The lowest BCUT2D eigenvalue weighted by Crippen LogP contribution is -2.29. The third kappa shape index (κ3) is 2.50. The molecule has 0 aliphatic carbocycles. The fraction of sp³-hybridized carbons (Fsp3) is 0.364. The van der Waals surface area contributed by atoms with Crippen LogP contribution in [0.25, 0.3) is 0 Å². The van der Waals surface area contributed by atoms with Gasteiger partial charge in [0.2, 0.25) is 0 Å². The van der Waals surface area contributed by atoms with Crippen molar-refractivity contribution in [2.75, 3.05) is 20.8 Å². The Balaban J connectivity index is 3.13. The zero-order chi connectivity index (χ0) is 12.1. The Bertz CT molecular complexity index is 378. The predicted octanol–water partition coefficient (Wildman–Crippen LogP) is 0.206. The predicted molar refractivity (Wildman–Crippen MR) is 58.9 cm³/mol. The topological polar surface area (TPSA) is 81.8 Å². The third-order valence-electron chi connectivity index (χ3n) is 2.20. The Kier molecular flexibility index (Phi) is 4.28. The van der Waals surface area contributed by atoms with Crippen LogP contribution in [0.1, 0.15) is 10.4 Å². The maximum Gasteiger partial charge on any atom is 0.196 e. The van der Waals surface area contributed by atoms with E-state index in [0.29, 0.717) is 11.5 Å². The number of ketones is 1. The van der Waals surface area contributed by atoms with E-state index >= 15 is 0 Å². The summed E-state index contributed by atoms with van der Waals surface area (Å²) in [5.41, 5.74) is 5.49. The van der Waals surface area contributed by atoms with Crippen LogP contribution in [0.15, 0.2) is 18.2 Å². The zero-order valence-electron chi connectivity index (χ0n) is 9.27. The van der Waals surface area contributed by atoms with Crippen LogP contribution in [0, 0.1) is 0 Å². The number of ether oxygens (including phenoxy) is 2. The Hall–Kier alpha value is -1.59.